The first-order chi connectivity index (χ1) is 12.8. The van der Waals surface area contributed by atoms with E-state index in [2.05, 4.69) is 4.98 Å². The van der Waals surface area contributed by atoms with Crippen molar-refractivity contribution in [3.63, 3.8) is 0 Å². The smallest absolute Gasteiger partial charge is 0.261 e. The average Bonchev–Trinajstić information content (AvgIpc) is 2.64. The van der Waals surface area contributed by atoms with E-state index in [0.29, 0.717) is 32.4 Å². The number of hydrogen-bond donors (Lipinski definition) is 3. The molecule has 1 aliphatic carbocycles. The van der Waals surface area contributed by atoms with Gasteiger partial charge in [-0.3, -0.25) is 9.59 Å². The van der Waals surface area contributed by atoms with E-state index < -0.39 is 17.3 Å². The molecule has 3 heterocycles. The van der Waals surface area contributed by atoms with Crippen LogP contribution in [0.2, 0.25) is 0 Å². The molecule has 3 aliphatic rings. The molecule has 0 aromatic carbocycles. The van der Waals surface area contributed by atoms with Crippen molar-refractivity contribution in [3.8, 4) is 0 Å². The van der Waals surface area contributed by atoms with Crippen molar-refractivity contribution in [2.45, 2.75) is 69.2 Å². The number of aliphatic hydroxyl groups excluding tert-OH is 1. The summed E-state index contributed by atoms with van der Waals surface area (Å²) in [4.78, 5) is 29.9. The summed E-state index contributed by atoms with van der Waals surface area (Å²) in [6.45, 7) is 2.68. The molecule has 1 aromatic heterocycles. The molecule has 0 saturated carbocycles. The lowest BCUT2D eigenvalue weighted by Crippen LogP contribution is -2.59. The third-order valence-corrected chi connectivity index (χ3v) is 6.48. The van der Waals surface area contributed by atoms with Gasteiger partial charge in [0.2, 0.25) is 0 Å². The number of carbonyl (C=O) groups excluding carboxylic acids is 1. The number of ether oxygens (including phenoxy) is 1. The number of likely N-dealkylation sites (tertiary alicyclic amines) is 1. The zero-order valence-corrected chi connectivity index (χ0v) is 15.8. The molecule has 1 amide bonds. The van der Waals surface area contributed by atoms with E-state index in [4.69, 9.17) is 4.74 Å². The van der Waals surface area contributed by atoms with Crippen LogP contribution in [0.15, 0.2) is 10.9 Å². The Balaban J connectivity index is 1.47. The number of carbonyl (C=O) groups is 1. The molecular formula is C20H28N2O5. The fourth-order valence-corrected chi connectivity index (χ4v) is 4.70. The molecule has 0 unspecified atom stereocenters. The van der Waals surface area contributed by atoms with E-state index in [-0.39, 0.29) is 23.6 Å². The average molecular weight is 376 g/mol. The van der Waals surface area contributed by atoms with Crippen molar-refractivity contribution >= 4 is 5.91 Å². The predicted octanol–water partition coefficient (Wildman–Crippen LogP) is 0.761. The van der Waals surface area contributed by atoms with E-state index in [1.165, 1.54) is 0 Å². The number of piperidine rings is 1. The highest BCUT2D eigenvalue weighted by atomic mass is 16.5. The molecule has 7 nitrogen and oxygen atoms in total. The summed E-state index contributed by atoms with van der Waals surface area (Å²) >= 11 is 0. The molecule has 0 radical (unpaired) electrons. The Labute approximate surface area is 158 Å². The maximum absolute atomic E-state index is 12.9. The van der Waals surface area contributed by atoms with E-state index >= 15 is 0 Å². The highest BCUT2D eigenvalue weighted by Gasteiger charge is 2.49. The van der Waals surface area contributed by atoms with E-state index in [1.807, 2.05) is 0 Å². The Hall–Kier alpha value is -1.70. The summed E-state index contributed by atoms with van der Waals surface area (Å²) < 4.78 is 5.87. The number of H-pyrrole nitrogens is 1. The van der Waals surface area contributed by atoms with Crippen LogP contribution < -0.4 is 5.56 Å². The van der Waals surface area contributed by atoms with Crippen LogP contribution in [0.3, 0.4) is 0 Å². The van der Waals surface area contributed by atoms with Gasteiger partial charge in [-0.15, -0.1) is 0 Å². The van der Waals surface area contributed by atoms with Gasteiger partial charge >= 0.3 is 0 Å². The van der Waals surface area contributed by atoms with Crippen LogP contribution in [-0.4, -0.2) is 63.0 Å². The lowest BCUT2D eigenvalue weighted by molar-refractivity contribution is -0.221. The molecule has 2 saturated heterocycles. The minimum atomic E-state index is -1.18. The number of aromatic amines is 1. The standard InChI is InChI=1S/C20H28N2O5/c1-19(26)12-20(27-11-16(19)23)6-8-22(9-7-20)18(25)14-10-13-4-2-3-5-15(13)21-17(14)24/h10,16,23,26H,2-9,11-12H2,1H3,(H,21,24)/t16-,19-/m0/s1. The first kappa shape index (κ1) is 18.7. The number of fused-ring (bicyclic) bond motifs is 1. The molecule has 2 aliphatic heterocycles. The van der Waals surface area contributed by atoms with Crippen molar-refractivity contribution in [2.75, 3.05) is 19.7 Å². The fourth-order valence-electron chi connectivity index (χ4n) is 4.70. The van der Waals surface area contributed by atoms with Crippen molar-refractivity contribution in [1.82, 2.24) is 9.88 Å². The molecular weight excluding hydrogens is 348 g/mol. The van der Waals surface area contributed by atoms with Crippen LogP contribution in [0, 0.1) is 0 Å². The lowest BCUT2D eigenvalue weighted by atomic mass is 9.76. The summed E-state index contributed by atoms with van der Waals surface area (Å²) in [5.74, 6) is -0.234. The lowest BCUT2D eigenvalue weighted by Gasteiger charge is -2.49. The predicted molar refractivity (Wildman–Crippen MR) is 98.8 cm³/mol. The molecule has 27 heavy (non-hydrogen) atoms. The minimum Gasteiger partial charge on any atom is -0.388 e. The molecule has 1 spiro atoms. The number of rotatable bonds is 1. The molecule has 1 aromatic rings. The van der Waals surface area contributed by atoms with E-state index in [9.17, 15) is 19.8 Å². The second-order valence-corrected chi connectivity index (χ2v) is 8.56. The Kier molecular flexibility index (Phi) is 4.64. The summed E-state index contributed by atoms with van der Waals surface area (Å²) in [5.41, 5.74) is 0.275. The van der Waals surface area contributed by atoms with Gasteiger partial charge in [0.25, 0.3) is 11.5 Å². The van der Waals surface area contributed by atoms with Gasteiger partial charge in [0.05, 0.1) is 17.8 Å². The van der Waals surface area contributed by atoms with E-state index in [1.54, 1.807) is 17.9 Å². The Morgan fingerprint density at radius 1 is 1.30 bits per heavy atom. The van der Waals surface area contributed by atoms with Gasteiger partial charge in [-0.2, -0.15) is 0 Å². The topological polar surface area (TPSA) is 103 Å². The maximum Gasteiger partial charge on any atom is 0.261 e. The second-order valence-electron chi connectivity index (χ2n) is 8.56. The van der Waals surface area contributed by atoms with Crippen LogP contribution in [0.1, 0.15) is 60.6 Å². The SMILES string of the molecule is C[C@]1(O)CC2(CCN(C(=O)c3cc4c([nH]c3=O)CCCC4)CC2)OC[C@@H]1O. The first-order valence-electron chi connectivity index (χ1n) is 9.88. The van der Waals surface area contributed by atoms with Crippen LogP contribution in [-0.2, 0) is 17.6 Å². The Bertz CT molecular complexity index is 792. The normalized spacial score (nSPS) is 30.2. The van der Waals surface area contributed by atoms with Crippen LogP contribution >= 0.6 is 0 Å². The monoisotopic (exact) mass is 376 g/mol. The zero-order valence-electron chi connectivity index (χ0n) is 15.8. The molecule has 4 rings (SSSR count). The van der Waals surface area contributed by atoms with Gasteiger partial charge < -0.3 is 24.8 Å². The number of pyridine rings is 1. The zero-order chi connectivity index (χ0) is 19.2. The molecule has 3 N–H and O–H groups in total. The van der Waals surface area contributed by atoms with Gasteiger partial charge in [-0.25, -0.2) is 0 Å². The molecule has 0 bridgehead atoms. The third kappa shape index (κ3) is 3.44. The van der Waals surface area contributed by atoms with Crippen molar-refractivity contribution in [3.05, 3.63) is 33.2 Å². The van der Waals surface area contributed by atoms with Crippen molar-refractivity contribution in [2.24, 2.45) is 0 Å². The minimum absolute atomic E-state index is 0.103. The Morgan fingerprint density at radius 3 is 2.70 bits per heavy atom. The van der Waals surface area contributed by atoms with Gasteiger partial charge in [-0.05, 0) is 57.1 Å². The fraction of sp³-hybridized carbons (Fsp3) is 0.700. The third-order valence-electron chi connectivity index (χ3n) is 6.48. The van der Waals surface area contributed by atoms with Crippen LogP contribution in [0.25, 0.3) is 0 Å². The number of aromatic nitrogens is 1. The highest BCUT2D eigenvalue weighted by molar-refractivity contribution is 5.94. The van der Waals surface area contributed by atoms with Gasteiger partial charge in [-0.1, -0.05) is 0 Å². The molecule has 2 atom stereocenters. The second kappa shape index (κ2) is 6.72. The number of hydrogen-bond acceptors (Lipinski definition) is 5. The number of nitrogens with zero attached hydrogens (tertiary/aromatic N) is 1. The molecule has 148 valence electrons. The van der Waals surface area contributed by atoms with Gasteiger partial charge in [0.1, 0.15) is 11.7 Å². The van der Waals surface area contributed by atoms with E-state index in [0.717, 1.165) is 36.9 Å². The van der Waals surface area contributed by atoms with Crippen molar-refractivity contribution in [1.29, 1.82) is 0 Å². The van der Waals surface area contributed by atoms with Gasteiger partial charge in [0.15, 0.2) is 0 Å². The number of aliphatic hydroxyl groups is 2. The van der Waals surface area contributed by atoms with Gasteiger partial charge in [0, 0.05) is 25.2 Å². The van der Waals surface area contributed by atoms with Crippen LogP contribution in [0.5, 0.6) is 0 Å². The quantitative estimate of drug-likeness (QED) is 0.672. The molecule has 2 fully saturated rings. The number of aryl methyl sites for hydroxylation is 2. The largest absolute Gasteiger partial charge is 0.388 e. The number of amides is 1. The first-order valence-corrected chi connectivity index (χ1v) is 9.88. The Morgan fingerprint density at radius 2 is 2.00 bits per heavy atom. The molecule has 7 heteroatoms. The number of nitrogens with one attached hydrogen (secondary N) is 1. The van der Waals surface area contributed by atoms with Crippen molar-refractivity contribution < 1.29 is 19.7 Å². The summed E-state index contributed by atoms with van der Waals surface area (Å²) in [5, 5.41) is 20.3. The maximum atomic E-state index is 12.9. The summed E-state index contributed by atoms with van der Waals surface area (Å²) in [6, 6.07) is 1.78. The highest BCUT2D eigenvalue weighted by Crippen LogP contribution is 2.39. The summed E-state index contributed by atoms with van der Waals surface area (Å²) in [6.07, 6.45) is 4.56. The summed E-state index contributed by atoms with van der Waals surface area (Å²) in [7, 11) is 0. The van der Waals surface area contributed by atoms with Crippen LogP contribution in [0.4, 0.5) is 0 Å².